The van der Waals surface area contributed by atoms with Gasteiger partial charge in [-0.2, -0.15) is 9.90 Å². The van der Waals surface area contributed by atoms with Gasteiger partial charge in [-0.05, 0) is 19.1 Å². The fourth-order valence-corrected chi connectivity index (χ4v) is 1.47. The van der Waals surface area contributed by atoms with Gasteiger partial charge < -0.3 is 5.11 Å². The van der Waals surface area contributed by atoms with Crippen LogP contribution in [-0.2, 0) is 6.54 Å². The number of carboxylic acid groups (broad SMARTS) is 1. The van der Waals surface area contributed by atoms with E-state index in [1.165, 1.54) is 24.1 Å². The summed E-state index contributed by atoms with van der Waals surface area (Å²) in [6.07, 6.45) is 1.62. The number of hydrogen-bond donors (Lipinski definition) is 2. The molecule has 0 spiro atoms. The van der Waals surface area contributed by atoms with Crippen LogP contribution < -0.4 is 5.32 Å². The Morgan fingerprint density at radius 1 is 1.47 bits per heavy atom. The van der Waals surface area contributed by atoms with Gasteiger partial charge in [0.1, 0.15) is 6.54 Å². The first kappa shape index (κ1) is 12.7. The molecule has 0 bridgehead atoms. The molecule has 0 aliphatic carbocycles. The molecule has 2 rings (SSSR count). The fourth-order valence-electron chi connectivity index (χ4n) is 1.47. The first-order chi connectivity index (χ1) is 9.04. The van der Waals surface area contributed by atoms with Gasteiger partial charge in [-0.3, -0.25) is 15.1 Å². The van der Waals surface area contributed by atoms with E-state index in [0.717, 1.165) is 0 Å². The van der Waals surface area contributed by atoms with Crippen molar-refractivity contribution in [1.29, 1.82) is 0 Å². The molecule has 8 heteroatoms. The van der Waals surface area contributed by atoms with Crippen molar-refractivity contribution in [1.82, 2.24) is 20.0 Å². The number of carbonyl (C=O) groups excluding carboxylic acids is 1. The zero-order chi connectivity index (χ0) is 13.8. The predicted octanol–water partition coefficient (Wildman–Crippen LogP) is 1.01. The number of carbonyl (C=O) groups is 2. The molecule has 2 N–H and O–H groups in total. The number of hydrogen-bond acceptors (Lipinski definition) is 5. The number of anilines is 1. The van der Waals surface area contributed by atoms with Gasteiger partial charge in [0.25, 0.3) is 0 Å². The first-order valence-electron chi connectivity index (χ1n) is 5.40. The molecule has 0 aliphatic heterocycles. The highest BCUT2D eigenvalue weighted by molar-refractivity contribution is 5.93. The minimum Gasteiger partial charge on any atom is -0.465 e. The molecular formula is C11H11N5O3. The summed E-state index contributed by atoms with van der Waals surface area (Å²) in [4.78, 5) is 27.0. The highest BCUT2D eigenvalue weighted by Crippen LogP contribution is 2.05. The second-order valence-corrected chi connectivity index (χ2v) is 3.78. The number of nitrogens with one attached hydrogen (secondary N) is 1. The Balaban J connectivity index is 2.12. The van der Waals surface area contributed by atoms with Gasteiger partial charge in [-0.15, -0.1) is 5.10 Å². The summed E-state index contributed by atoms with van der Waals surface area (Å²) in [5.41, 5.74) is 1.17. The normalized spacial score (nSPS) is 10.2. The third-order valence-electron chi connectivity index (χ3n) is 2.30. The highest BCUT2D eigenvalue weighted by atomic mass is 16.4. The molecule has 8 nitrogen and oxygen atoms in total. The Kier molecular flexibility index (Phi) is 3.51. The van der Waals surface area contributed by atoms with Crippen molar-refractivity contribution < 1.29 is 14.7 Å². The topological polar surface area (TPSA) is 110 Å². The van der Waals surface area contributed by atoms with E-state index < -0.39 is 6.09 Å². The fraction of sp³-hybridized carbons (Fsp3) is 0.182. The highest BCUT2D eigenvalue weighted by Gasteiger charge is 2.06. The number of Topliss-reactive ketones (excluding diaryl/α,β-unsaturated/α-hetero) is 1. The zero-order valence-electron chi connectivity index (χ0n) is 10.1. The van der Waals surface area contributed by atoms with Gasteiger partial charge in [0, 0.05) is 11.8 Å². The van der Waals surface area contributed by atoms with E-state index in [0.29, 0.717) is 11.3 Å². The second-order valence-electron chi connectivity index (χ2n) is 3.78. The Bertz CT molecular complexity index is 622. The summed E-state index contributed by atoms with van der Waals surface area (Å²) in [7, 11) is 0. The van der Waals surface area contributed by atoms with E-state index in [4.69, 9.17) is 5.11 Å². The molecule has 2 heterocycles. The Morgan fingerprint density at radius 3 is 2.95 bits per heavy atom. The van der Waals surface area contributed by atoms with Crippen molar-refractivity contribution >= 4 is 17.7 Å². The molecule has 0 fully saturated rings. The molecule has 0 aliphatic rings. The van der Waals surface area contributed by atoms with Crippen LogP contribution in [0.5, 0.6) is 0 Å². The lowest BCUT2D eigenvalue weighted by Crippen LogP contribution is -2.10. The lowest BCUT2D eigenvalue weighted by Gasteiger charge is -2.01. The smallest absolute Gasteiger partial charge is 0.410 e. The van der Waals surface area contributed by atoms with E-state index in [1.54, 1.807) is 12.1 Å². The standard InChI is InChI=1S/C11H11N5O3/c1-7(17)8-2-3-12-9(4-8)6-16-13-5-10(15-16)14-11(18)19/h2-5H,6H2,1H3,(H,14,15)(H,18,19). The number of aromatic nitrogens is 4. The van der Waals surface area contributed by atoms with Crippen molar-refractivity contribution in [2.75, 3.05) is 5.32 Å². The summed E-state index contributed by atoms with van der Waals surface area (Å²) >= 11 is 0. The summed E-state index contributed by atoms with van der Waals surface area (Å²) in [5.74, 6) is 0.0838. The molecule has 0 saturated heterocycles. The molecule has 0 aromatic carbocycles. The van der Waals surface area contributed by atoms with Gasteiger partial charge in [-0.1, -0.05) is 0 Å². The average Bonchev–Trinajstić information content (AvgIpc) is 2.76. The lowest BCUT2D eigenvalue weighted by molar-refractivity contribution is 0.101. The van der Waals surface area contributed by atoms with E-state index in [1.807, 2.05) is 0 Å². The maximum absolute atomic E-state index is 11.2. The molecule has 98 valence electrons. The molecule has 1 amide bonds. The largest absolute Gasteiger partial charge is 0.465 e. The van der Waals surface area contributed by atoms with Crippen molar-refractivity contribution in [3.8, 4) is 0 Å². The Morgan fingerprint density at radius 2 is 2.26 bits per heavy atom. The van der Waals surface area contributed by atoms with E-state index >= 15 is 0 Å². The van der Waals surface area contributed by atoms with Crippen molar-refractivity contribution in [3.63, 3.8) is 0 Å². The Hall–Kier alpha value is -2.77. The molecule has 0 unspecified atom stereocenters. The Labute approximate surface area is 108 Å². The summed E-state index contributed by atoms with van der Waals surface area (Å²) < 4.78 is 0. The number of ketones is 1. The van der Waals surface area contributed by atoms with Gasteiger partial charge in [0.05, 0.1) is 11.9 Å². The minimum absolute atomic E-state index is 0.0506. The van der Waals surface area contributed by atoms with Crippen LogP contribution in [0.2, 0.25) is 0 Å². The van der Waals surface area contributed by atoms with E-state index in [9.17, 15) is 9.59 Å². The van der Waals surface area contributed by atoms with Crippen LogP contribution in [0.3, 0.4) is 0 Å². The molecule has 0 atom stereocenters. The molecule has 2 aromatic heterocycles. The van der Waals surface area contributed by atoms with Crippen LogP contribution in [0.15, 0.2) is 24.5 Å². The monoisotopic (exact) mass is 261 g/mol. The van der Waals surface area contributed by atoms with Crippen LogP contribution >= 0.6 is 0 Å². The zero-order valence-corrected chi connectivity index (χ0v) is 10.1. The maximum atomic E-state index is 11.2. The molecule has 2 aromatic rings. The minimum atomic E-state index is -1.20. The van der Waals surface area contributed by atoms with Crippen LogP contribution in [-0.4, -0.2) is 37.0 Å². The molecule has 0 radical (unpaired) electrons. The maximum Gasteiger partial charge on any atom is 0.410 e. The second kappa shape index (κ2) is 5.25. The summed E-state index contributed by atoms with van der Waals surface area (Å²) in [6, 6.07) is 3.27. The van der Waals surface area contributed by atoms with Gasteiger partial charge >= 0.3 is 6.09 Å². The van der Waals surface area contributed by atoms with Crippen molar-refractivity contribution in [2.45, 2.75) is 13.5 Å². The number of rotatable bonds is 4. The van der Waals surface area contributed by atoms with E-state index in [-0.39, 0.29) is 18.1 Å². The third kappa shape index (κ3) is 3.35. The van der Waals surface area contributed by atoms with Crippen LogP contribution in [0, 0.1) is 0 Å². The summed E-state index contributed by atoms with van der Waals surface area (Å²) in [5, 5.41) is 18.4. The number of amides is 1. The van der Waals surface area contributed by atoms with Crippen molar-refractivity contribution in [2.24, 2.45) is 0 Å². The van der Waals surface area contributed by atoms with Gasteiger partial charge in [-0.25, -0.2) is 4.79 Å². The SMILES string of the molecule is CC(=O)c1ccnc(Cn2ncc(NC(=O)O)n2)c1. The number of nitrogens with zero attached hydrogens (tertiary/aromatic N) is 4. The summed E-state index contributed by atoms with van der Waals surface area (Å²) in [6.45, 7) is 1.72. The third-order valence-corrected chi connectivity index (χ3v) is 2.30. The molecule has 19 heavy (non-hydrogen) atoms. The van der Waals surface area contributed by atoms with Crippen LogP contribution in [0.4, 0.5) is 10.6 Å². The first-order valence-corrected chi connectivity index (χ1v) is 5.40. The quantitative estimate of drug-likeness (QED) is 0.795. The van der Waals surface area contributed by atoms with E-state index in [2.05, 4.69) is 20.5 Å². The predicted molar refractivity (Wildman–Crippen MR) is 65.0 cm³/mol. The van der Waals surface area contributed by atoms with Crippen LogP contribution in [0.25, 0.3) is 0 Å². The molecule has 0 saturated carbocycles. The van der Waals surface area contributed by atoms with Gasteiger partial charge in [0.2, 0.25) is 0 Å². The van der Waals surface area contributed by atoms with Crippen LogP contribution in [0.1, 0.15) is 23.0 Å². The number of pyridine rings is 1. The molecular weight excluding hydrogens is 250 g/mol. The van der Waals surface area contributed by atoms with Crippen molar-refractivity contribution in [3.05, 3.63) is 35.8 Å². The van der Waals surface area contributed by atoms with Gasteiger partial charge in [0.15, 0.2) is 11.6 Å². The average molecular weight is 261 g/mol. The lowest BCUT2D eigenvalue weighted by atomic mass is 10.2.